The Morgan fingerprint density at radius 1 is 1.43 bits per heavy atom. The zero-order valence-electron chi connectivity index (χ0n) is 11.8. The lowest BCUT2D eigenvalue weighted by Gasteiger charge is -2.19. The summed E-state index contributed by atoms with van der Waals surface area (Å²) in [5.41, 5.74) is -1.52. The van der Waals surface area contributed by atoms with Gasteiger partial charge in [-0.2, -0.15) is 13.2 Å². The molecule has 1 rings (SSSR count). The van der Waals surface area contributed by atoms with Crippen molar-refractivity contribution in [2.24, 2.45) is 0 Å². The molecule has 1 heterocycles. The van der Waals surface area contributed by atoms with Crippen LogP contribution < -0.4 is 5.32 Å². The molecule has 0 saturated carbocycles. The first-order chi connectivity index (χ1) is 9.58. The highest BCUT2D eigenvalue weighted by molar-refractivity contribution is 7.10. The maximum Gasteiger partial charge on any atom is 0.434 e. The second-order valence-corrected chi connectivity index (χ2v) is 5.87. The van der Waals surface area contributed by atoms with Gasteiger partial charge in [0.2, 0.25) is 0 Å². The van der Waals surface area contributed by atoms with Crippen LogP contribution in [0.4, 0.5) is 18.0 Å². The van der Waals surface area contributed by atoms with Crippen molar-refractivity contribution >= 4 is 17.4 Å². The van der Waals surface area contributed by atoms with Gasteiger partial charge < -0.3 is 10.1 Å². The molecule has 1 amide bonds. The highest BCUT2D eigenvalue weighted by atomic mass is 32.1. The lowest BCUT2D eigenvalue weighted by molar-refractivity contribution is -0.140. The molecule has 0 aromatic carbocycles. The van der Waals surface area contributed by atoms with Crippen LogP contribution in [0.5, 0.6) is 0 Å². The molecule has 0 aliphatic rings. The second-order valence-electron chi connectivity index (χ2n) is 5.02. The minimum Gasteiger partial charge on any atom is -0.444 e. The molecule has 0 aliphatic heterocycles. The van der Waals surface area contributed by atoms with Crippen LogP contribution in [-0.4, -0.2) is 23.2 Å². The third-order valence-corrected chi connectivity index (χ3v) is 2.67. The van der Waals surface area contributed by atoms with E-state index in [1.807, 2.05) is 0 Å². The SMILES string of the molecule is CC(C)(C)OC(=O)NCCC#Cc1nc(C(F)(F)F)cs1. The number of alkyl carbamates (subject to hydrolysis) is 1. The molecular formula is C13H15F3N2O2S. The van der Waals surface area contributed by atoms with Gasteiger partial charge in [0.05, 0.1) is 0 Å². The third-order valence-electron chi connectivity index (χ3n) is 1.91. The first kappa shape index (κ1) is 17.3. The molecule has 1 N–H and O–H groups in total. The summed E-state index contributed by atoms with van der Waals surface area (Å²) in [4.78, 5) is 14.7. The van der Waals surface area contributed by atoms with Crippen molar-refractivity contribution in [2.75, 3.05) is 6.54 Å². The second kappa shape index (κ2) is 6.80. The molecule has 21 heavy (non-hydrogen) atoms. The summed E-state index contributed by atoms with van der Waals surface area (Å²) < 4.78 is 41.9. The summed E-state index contributed by atoms with van der Waals surface area (Å²) >= 11 is 0.832. The molecule has 4 nitrogen and oxygen atoms in total. The minimum absolute atomic E-state index is 0.0968. The van der Waals surface area contributed by atoms with E-state index < -0.39 is 23.6 Å². The molecule has 0 atom stereocenters. The van der Waals surface area contributed by atoms with Gasteiger partial charge in [-0.3, -0.25) is 0 Å². The quantitative estimate of drug-likeness (QED) is 0.671. The number of nitrogens with one attached hydrogen (secondary N) is 1. The lowest BCUT2D eigenvalue weighted by atomic mass is 10.2. The summed E-state index contributed by atoms with van der Waals surface area (Å²) in [6, 6.07) is 0. The van der Waals surface area contributed by atoms with Gasteiger partial charge in [-0.1, -0.05) is 5.92 Å². The molecule has 0 radical (unpaired) electrons. The average molecular weight is 320 g/mol. The number of thiazole rings is 1. The number of hydrogen-bond donors (Lipinski definition) is 1. The first-order valence-corrected chi connectivity index (χ1v) is 6.94. The zero-order valence-corrected chi connectivity index (χ0v) is 12.6. The Bertz CT molecular complexity index is 550. The summed E-state index contributed by atoms with van der Waals surface area (Å²) in [5, 5.41) is 3.51. The van der Waals surface area contributed by atoms with Crippen molar-refractivity contribution in [1.29, 1.82) is 0 Å². The third kappa shape index (κ3) is 6.99. The molecule has 0 fully saturated rings. The topological polar surface area (TPSA) is 51.2 Å². The average Bonchev–Trinajstić information content (AvgIpc) is 2.74. The standard InChI is InChI=1S/C13H15F3N2O2S/c1-12(2,3)20-11(19)17-7-5-4-6-10-18-9(8-21-10)13(14,15)16/h8H,5,7H2,1-3H3,(H,17,19). The molecular weight excluding hydrogens is 305 g/mol. The number of amides is 1. The van der Waals surface area contributed by atoms with E-state index in [0.29, 0.717) is 6.42 Å². The van der Waals surface area contributed by atoms with E-state index >= 15 is 0 Å². The Morgan fingerprint density at radius 2 is 2.10 bits per heavy atom. The predicted molar refractivity (Wildman–Crippen MR) is 72.8 cm³/mol. The van der Waals surface area contributed by atoms with Crippen molar-refractivity contribution < 1.29 is 22.7 Å². The number of nitrogens with zero attached hydrogens (tertiary/aromatic N) is 1. The molecule has 0 spiro atoms. The van der Waals surface area contributed by atoms with E-state index in [4.69, 9.17) is 4.74 Å². The normalized spacial score (nSPS) is 11.5. The fourth-order valence-corrected chi connectivity index (χ4v) is 1.83. The highest BCUT2D eigenvalue weighted by Gasteiger charge is 2.33. The van der Waals surface area contributed by atoms with E-state index in [9.17, 15) is 18.0 Å². The predicted octanol–water partition coefficient (Wildman–Crippen LogP) is 3.43. The fourth-order valence-electron chi connectivity index (χ4n) is 1.14. The van der Waals surface area contributed by atoms with Crippen LogP contribution in [0.1, 0.15) is 37.9 Å². The summed E-state index contributed by atoms with van der Waals surface area (Å²) in [5.74, 6) is 5.17. The van der Waals surface area contributed by atoms with Crippen LogP contribution in [0.3, 0.4) is 0 Å². The van der Waals surface area contributed by atoms with Crippen LogP contribution in [0, 0.1) is 11.8 Å². The van der Waals surface area contributed by atoms with Gasteiger partial charge in [0, 0.05) is 18.3 Å². The van der Waals surface area contributed by atoms with E-state index in [1.54, 1.807) is 20.8 Å². The Balaban J connectivity index is 2.37. The van der Waals surface area contributed by atoms with Gasteiger partial charge in [0.1, 0.15) is 5.60 Å². The Morgan fingerprint density at radius 3 is 2.62 bits per heavy atom. The molecule has 0 saturated heterocycles. The number of hydrogen-bond acceptors (Lipinski definition) is 4. The number of halogens is 3. The van der Waals surface area contributed by atoms with Crippen molar-refractivity contribution in [2.45, 2.75) is 39.0 Å². The number of carbonyl (C=O) groups excluding carboxylic acids is 1. The van der Waals surface area contributed by atoms with Crippen LogP contribution in [0.2, 0.25) is 0 Å². The lowest BCUT2D eigenvalue weighted by Crippen LogP contribution is -2.32. The highest BCUT2D eigenvalue weighted by Crippen LogP contribution is 2.29. The molecule has 1 aromatic heterocycles. The van der Waals surface area contributed by atoms with Crippen molar-refractivity contribution in [3.05, 3.63) is 16.1 Å². The largest absolute Gasteiger partial charge is 0.444 e. The van der Waals surface area contributed by atoms with Crippen molar-refractivity contribution in [3.8, 4) is 11.8 Å². The number of rotatable bonds is 2. The van der Waals surface area contributed by atoms with Gasteiger partial charge in [-0.15, -0.1) is 11.3 Å². The Hall–Kier alpha value is -1.75. The van der Waals surface area contributed by atoms with Crippen LogP contribution in [0.15, 0.2) is 5.38 Å². The summed E-state index contributed by atoms with van der Waals surface area (Å²) in [6.45, 7) is 5.48. The van der Waals surface area contributed by atoms with Gasteiger partial charge in [0.15, 0.2) is 10.7 Å². The van der Waals surface area contributed by atoms with E-state index in [-0.39, 0.29) is 11.6 Å². The number of ether oxygens (including phenoxy) is 1. The smallest absolute Gasteiger partial charge is 0.434 e. The molecule has 0 bridgehead atoms. The van der Waals surface area contributed by atoms with Gasteiger partial charge in [0.25, 0.3) is 0 Å². The fraction of sp³-hybridized carbons (Fsp3) is 0.538. The molecule has 1 aromatic rings. The molecule has 0 unspecified atom stereocenters. The molecule has 0 aliphatic carbocycles. The molecule has 8 heteroatoms. The zero-order chi connectivity index (χ0) is 16.1. The number of alkyl halides is 3. The Kier molecular flexibility index (Phi) is 5.61. The van der Waals surface area contributed by atoms with Crippen LogP contribution in [0.25, 0.3) is 0 Å². The summed E-state index contributed by atoms with van der Waals surface area (Å²) in [6.07, 6.45) is -4.72. The number of aromatic nitrogens is 1. The first-order valence-electron chi connectivity index (χ1n) is 6.06. The van der Waals surface area contributed by atoms with E-state index in [1.165, 1.54) is 0 Å². The van der Waals surface area contributed by atoms with Gasteiger partial charge in [-0.25, -0.2) is 9.78 Å². The van der Waals surface area contributed by atoms with E-state index in [0.717, 1.165) is 16.7 Å². The van der Waals surface area contributed by atoms with Crippen molar-refractivity contribution in [1.82, 2.24) is 10.3 Å². The minimum atomic E-state index is -4.45. The van der Waals surface area contributed by atoms with Gasteiger partial charge in [-0.05, 0) is 26.7 Å². The summed E-state index contributed by atoms with van der Waals surface area (Å²) in [7, 11) is 0. The maximum absolute atomic E-state index is 12.3. The Labute approximate surface area is 124 Å². The number of carbonyl (C=O) groups is 1. The monoisotopic (exact) mass is 320 g/mol. The molecule has 116 valence electrons. The maximum atomic E-state index is 12.3. The van der Waals surface area contributed by atoms with Crippen molar-refractivity contribution in [3.63, 3.8) is 0 Å². The van der Waals surface area contributed by atoms with E-state index in [2.05, 4.69) is 22.1 Å². The van der Waals surface area contributed by atoms with Crippen LogP contribution in [-0.2, 0) is 10.9 Å². The van der Waals surface area contributed by atoms with Gasteiger partial charge >= 0.3 is 12.3 Å². The van der Waals surface area contributed by atoms with Crippen LogP contribution >= 0.6 is 11.3 Å².